The van der Waals surface area contributed by atoms with E-state index in [1.165, 1.54) is 6.08 Å². The van der Waals surface area contributed by atoms with E-state index < -0.39 is 11.9 Å². The minimum absolute atomic E-state index is 0.127. The van der Waals surface area contributed by atoms with Gasteiger partial charge in [-0.1, -0.05) is 6.58 Å². The second-order valence-electron chi connectivity index (χ2n) is 1.99. The van der Waals surface area contributed by atoms with E-state index in [-0.39, 0.29) is 5.70 Å². The van der Waals surface area contributed by atoms with Crippen LogP contribution < -0.4 is 11.5 Å². The molecular formula is C7H9F3N2. The lowest BCUT2D eigenvalue weighted by Crippen LogP contribution is -2.18. The van der Waals surface area contributed by atoms with E-state index in [9.17, 15) is 13.2 Å². The Bertz CT molecular complexity index is 225. The van der Waals surface area contributed by atoms with Crippen LogP contribution in [0.5, 0.6) is 0 Å². The van der Waals surface area contributed by atoms with Crippen LogP contribution in [-0.4, -0.2) is 6.18 Å². The Morgan fingerprint density at radius 1 is 1.17 bits per heavy atom. The van der Waals surface area contributed by atoms with Gasteiger partial charge in [0.25, 0.3) is 0 Å². The Kier molecular flexibility index (Phi) is 3.40. The molecule has 0 rings (SSSR count). The molecule has 0 aromatic carbocycles. The number of hydrogen-bond donors (Lipinski definition) is 2. The quantitative estimate of drug-likeness (QED) is 0.628. The smallest absolute Gasteiger partial charge is 0.399 e. The third kappa shape index (κ3) is 3.70. The first-order valence-corrected chi connectivity index (χ1v) is 3.00. The van der Waals surface area contributed by atoms with Crippen molar-refractivity contribution in [2.75, 3.05) is 0 Å². The fourth-order valence-corrected chi connectivity index (χ4v) is 0.349. The van der Waals surface area contributed by atoms with Gasteiger partial charge in [-0.15, -0.1) is 0 Å². The Morgan fingerprint density at radius 2 is 1.67 bits per heavy atom. The minimum atomic E-state index is -4.50. The molecule has 0 fully saturated rings. The fourth-order valence-electron chi connectivity index (χ4n) is 0.349. The summed E-state index contributed by atoms with van der Waals surface area (Å²) in [6, 6.07) is 0. The molecule has 0 unspecified atom stereocenters. The molecule has 0 amide bonds. The van der Waals surface area contributed by atoms with Gasteiger partial charge in [-0.3, -0.25) is 0 Å². The van der Waals surface area contributed by atoms with E-state index in [0.29, 0.717) is 6.08 Å². The summed E-state index contributed by atoms with van der Waals surface area (Å²) < 4.78 is 35.1. The lowest BCUT2D eigenvalue weighted by Gasteiger charge is -2.03. The highest BCUT2D eigenvalue weighted by molar-refractivity contribution is 5.22. The maximum absolute atomic E-state index is 11.7. The van der Waals surface area contributed by atoms with E-state index in [2.05, 4.69) is 12.3 Å². The molecule has 0 aliphatic heterocycles. The highest BCUT2D eigenvalue weighted by Gasteiger charge is 2.30. The molecule has 12 heavy (non-hydrogen) atoms. The van der Waals surface area contributed by atoms with Crippen LogP contribution in [0.4, 0.5) is 13.2 Å². The molecule has 0 aromatic heterocycles. The van der Waals surface area contributed by atoms with Gasteiger partial charge >= 0.3 is 6.18 Å². The number of alkyl halides is 3. The molecule has 0 bridgehead atoms. The molecule has 0 heterocycles. The van der Waals surface area contributed by atoms with E-state index >= 15 is 0 Å². The summed E-state index contributed by atoms with van der Waals surface area (Å²) in [5.74, 6) is 0. The maximum Gasteiger partial charge on any atom is 0.430 e. The first-order valence-electron chi connectivity index (χ1n) is 3.00. The molecule has 0 saturated carbocycles. The van der Waals surface area contributed by atoms with E-state index in [0.717, 1.165) is 6.08 Å². The average molecular weight is 178 g/mol. The van der Waals surface area contributed by atoms with Gasteiger partial charge in [0, 0.05) is 5.70 Å². The molecule has 0 aromatic rings. The van der Waals surface area contributed by atoms with Gasteiger partial charge < -0.3 is 11.5 Å². The minimum Gasteiger partial charge on any atom is -0.399 e. The van der Waals surface area contributed by atoms with Crippen molar-refractivity contribution < 1.29 is 13.2 Å². The molecule has 0 aliphatic carbocycles. The lowest BCUT2D eigenvalue weighted by atomic mass is 10.3. The zero-order valence-corrected chi connectivity index (χ0v) is 6.23. The largest absolute Gasteiger partial charge is 0.430 e. The Labute approximate surface area is 68.0 Å². The van der Waals surface area contributed by atoms with Crippen molar-refractivity contribution in [1.29, 1.82) is 0 Å². The summed E-state index contributed by atoms with van der Waals surface area (Å²) in [7, 11) is 0. The zero-order chi connectivity index (χ0) is 9.78. The van der Waals surface area contributed by atoms with Gasteiger partial charge in [0.15, 0.2) is 0 Å². The van der Waals surface area contributed by atoms with Gasteiger partial charge in [0.2, 0.25) is 0 Å². The van der Waals surface area contributed by atoms with Crippen LogP contribution in [0, 0.1) is 0 Å². The molecule has 4 N–H and O–H groups in total. The number of hydrogen-bond acceptors (Lipinski definition) is 2. The van der Waals surface area contributed by atoms with Crippen LogP contribution in [0.2, 0.25) is 0 Å². The Hall–Kier alpha value is -1.39. The van der Waals surface area contributed by atoms with Gasteiger partial charge in [-0.25, -0.2) is 0 Å². The second kappa shape index (κ2) is 3.85. The summed E-state index contributed by atoms with van der Waals surface area (Å²) in [4.78, 5) is 0. The van der Waals surface area contributed by atoms with Crippen molar-refractivity contribution in [3.63, 3.8) is 0 Å². The summed E-state index contributed by atoms with van der Waals surface area (Å²) >= 11 is 0. The third-order valence-corrected chi connectivity index (χ3v) is 1.02. The predicted molar refractivity (Wildman–Crippen MR) is 40.8 cm³/mol. The molecular weight excluding hydrogens is 169 g/mol. The van der Waals surface area contributed by atoms with E-state index in [1.807, 2.05) is 0 Å². The molecule has 0 radical (unpaired) electrons. The average Bonchev–Trinajstić information content (AvgIpc) is 1.97. The van der Waals surface area contributed by atoms with Crippen molar-refractivity contribution in [2.45, 2.75) is 6.18 Å². The molecule has 5 heteroatoms. The Balaban J connectivity index is 4.49. The van der Waals surface area contributed by atoms with Crippen molar-refractivity contribution >= 4 is 0 Å². The fraction of sp³-hybridized carbons (Fsp3) is 0.143. The number of nitrogens with two attached hydrogens (primary N) is 2. The highest BCUT2D eigenvalue weighted by atomic mass is 19.4. The normalized spacial score (nSPS) is 14.6. The van der Waals surface area contributed by atoms with Gasteiger partial charge in [-0.05, 0) is 18.2 Å². The van der Waals surface area contributed by atoms with Crippen LogP contribution in [-0.2, 0) is 0 Å². The van der Waals surface area contributed by atoms with Gasteiger partial charge in [0.05, 0.1) is 0 Å². The topological polar surface area (TPSA) is 52.0 Å². The summed E-state index contributed by atoms with van der Waals surface area (Å²) in [5, 5.41) is 0. The number of allylic oxidation sites excluding steroid dienone is 4. The second-order valence-corrected chi connectivity index (χ2v) is 1.99. The third-order valence-electron chi connectivity index (χ3n) is 1.02. The van der Waals surface area contributed by atoms with E-state index in [1.54, 1.807) is 0 Å². The van der Waals surface area contributed by atoms with Crippen molar-refractivity contribution in [3.05, 3.63) is 36.2 Å². The van der Waals surface area contributed by atoms with Crippen LogP contribution in [0.25, 0.3) is 0 Å². The SMILES string of the molecule is C=C/C(N)=C/C=C(\N)C(F)(F)F. The predicted octanol–water partition coefficient (Wildman–Crippen LogP) is 1.42. The first kappa shape index (κ1) is 10.6. The van der Waals surface area contributed by atoms with Crippen LogP contribution in [0.1, 0.15) is 0 Å². The Morgan fingerprint density at radius 3 is 2.00 bits per heavy atom. The first-order chi connectivity index (χ1) is 5.38. The van der Waals surface area contributed by atoms with Crippen molar-refractivity contribution in [2.24, 2.45) is 11.5 Å². The highest BCUT2D eigenvalue weighted by Crippen LogP contribution is 2.21. The number of rotatable bonds is 2. The van der Waals surface area contributed by atoms with Crippen LogP contribution >= 0.6 is 0 Å². The lowest BCUT2D eigenvalue weighted by molar-refractivity contribution is -0.0926. The van der Waals surface area contributed by atoms with Gasteiger partial charge in [0.1, 0.15) is 5.70 Å². The molecule has 68 valence electrons. The van der Waals surface area contributed by atoms with Crippen LogP contribution in [0.3, 0.4) is 0 Å². The molecule has 0 saturated heterocycles. The molecule has 0 spiro atoms. The van der Waals surface area contributed by atoms with E-state index in [4.69, 9.17) is 5.73 Å². The molecule has 0 atom stereocenters. The van der Waals surface area contributed by atoms with Crippen molar-refractivity contribution in [3.8, 4) is 0 Å². The number of halogens is 3. The molecule has 0 aliphatic rings. The molecule has 2 nitrogen and oxygen atoms in total. The summed E-state index contributed by atoms with van der Waals surface area (Å²) in [6.07, 6.45) is -1.55. The summed E-state index contributed by atoms with van der Waals surface area (Å²) in [5.41, 5.74) is 8.73. The van der Waals surface area contributed by atoms with Crippen LogP contribution in [0.15, 0.2) is 36.2 Å². The monoisotopic (exact) mass is 178 g/mol. The van der Waals surface area contributed by atoms with Gasteiger partial charge in [-0.2, -0.15) is 13.2 Å². The maximum atomic E-state index is 11.7. The standard InChI is InChI=1S/C7H9F3N2/c1-2-5(11)3-4-6(12)7(8,9)10/h2-4H,1,11-12H2/b5-3-,6-4-. The zero-order valence-electron chi connectivity index (χ0n) is 6.23. The summed E-state index contributed by atoms with van der Waals surface area (Å²) in [6.45, 7) is 3.26. The van der Waals surface area contributed by atoms with Crippen molar-refractivity contribution in [1.82, 2.24) is 0 Å².